The second kappa shape index (κ2) is 6.19. The summed E-state index contributed by atoms with van der Waals surface area (Å²) >= 11 is 2.75. The Morgan fingerprint density at radius 2 is 1.95 bits per heavy atom. The molecule has 1 rings (SSSR count). The maximum absolute atomic E-state index is 12.6. The molecule has 11 heteroatoms. The first kappa shape index (κ1) is 16.4. The summed E-state index contributed by atoms with van der Waals surface area (Å²) in [6.45, 7) is 0. The average Bonchev–Trinajstić information content (AvgIpc) is 2.39. The highest BCUT2D eigenvalue weighted by atomic mass is 79.9. The highest BCUT2D eigenvalue weighted by molar-refractivity contribution is 9.10. The van der Waals surface area contributed by atoms with Crippen molar-refractivity contribution in [1.82, 2.24) is 0 Å². The number of alkyl halides is 3. The van der Waals surface area contributed by atoms with Crippen LogP contribution in [-0.4, -0.2) is 10.6 Å². The predicted octanol–water partition coefficient (Wildman–Crippen LogP) is 3.19. The van der Waals surface area contributed by atoms with Crippen LogP contribution in [0.2, 0.25) is 0 Å². The van der Waals surface area contributed by atoms with E-state index in [9.17, 15) is 23.3 Å². The number of nitrogens with zero attached hydrogens (tertiary/aromatic N) is 4. The van der Waals surface area contributed by atoms with E-state index >= 15 is 0 Å². The van der Waals surface area contributed by atoms with E-state index in [-0.39, 0.29) is 4.47 Å². The molecule has 21 heavy (non-hydrogen) atoms. The van der Waals surface area contributed by atoms with Crippen LogP contribution in [0, 0.1) is 32.8 Å². The van der Waals surface area contributed by atoms with Crippen LogP contribution >= 0.6 is 15.9 Å². The van der Waals surface area contributed by atoms with Crippen molar-refractivity contribution in [2.45, 2.75) is 6.18 Å². The molecule has 0 amide bonds. The van der Waals surface area contributed by atoms with Gasteiger partial charge in [0.15, 0.2) is 0 Å². The van der Waals surface area contributed by atoms with Gasteiger partial charge in [-0.1, -0.05) is 0 Å². The quantitative estimate of drug-likeness (QED) is 0.504. The second-order valence-electron chi connectivity index (χ2n) is 3.40. The van der Waals surface area contributed by atoms with Crippen LogP contribution in [0.1, 0.15) is 5.56 Å². The van der Waals surface area contributed by atoms with E-state index in [0.717, 1.165) is 0 Å². The van der Waals surface area contributed by atoms with Gasteiger partial charge < -0.3 is 0 Å². The molecule has 0 radical (unpaired) electrons. The Morgan fingerprint density at radius 1 is 1.38 bits per heavy atom. The van der Waals surface area contributed by atoms with Crippen molar-refractivity contribution in [3.63, 3.8) is 0 Å². The molecular formula is C10H3BrF3N5O2. The van der Waals surface area contributed by atoms with Gasteiger partial charge in [-0.05, 0) is 22.0 Å². The lowest BCUT2D eigenvalue weighted by Gasteiger charge is -2.10. The molecule has 0 saturated carbocycles. The normalized spacial score (nSPS) is 10.2. The molecule has 0 unspecified atom stereocenters. The molecule has 0 aromatic heterocycles. The molecule has 0 aliphatic heterocycles. The van der Waals surface area contributed by atoms with Crippen LogP contribution in [0.3, 0.4) is 0 Å². The van der Waals surface area contributed by atoms with E-state index in [4.69, 9.17) is 10.5 Å². The maximum atomic E-state index is 12.6. The van der Waals surface area contributed by atoms with E-state index in [1.165, 1.54) is 12.1 Å². The minimum Gasteiger partial charge on any atom is -0.269 e. The standard InChI is InChI=1S/C10H3BrF3N5O2/c11-7-1-5(10(12,13)14)2-8(19(20)21)9(7)18-17-6(3-15)4-16/h1-2,18H. The molecule has 1 aromatic rings. The number of nitrogens with one attached hydrogen (secondary N) is 1. The summed E-state index contributed by atoms with van der Waals surface area (Å²) in [5.41, 5.74) is -1.15. The monoisotopic (exact) mass is 361 g/mol. The van der Waals surface area contributed by atoms with Gasteiger partial charge >= 0.3 is 6.18 Å². The van der Waals surface area contributed by atoms with Gasteiger partial charge in [0.2, 0.25) is 5.71 Å². The van der Waals surface area contributed by atoms with Crippen LogP contribution in [0.15, 0.2) is 21.7 Å². The number of halogens is 4. The Balaban J connectivity index is 3.41. The van der Waals surface area contributed by atoms with E-state index in [1.54, 1.807) is 0 Å². The van der Waals surface area contributed by atoms with Crippen molar-refractivity contribution in [3.8, 4) is 12.1 Å². The molecule has 0 heterocycles. The number of anilines is 1. The largest absolute Gasteiger partial charge is 0.416 e. The van der Waals surface area contributed by atoms with Gasteiger partial charge in [0.1, 0.15) is 17.8 Å². The van der Waals surface area contributed by atoms with Crippen LogP contribution < -0.4 is 5.43 Å². The molecule has 0 spiro atoms. The van der Waals surface area contributed by atoms with Crippen LogP contribution in [0.5, 0.6) is 0 Å². The van der Waals surface area contributed by atoms with Crippen molar-refractivity contribution in [3.05, 3.63) is 32.3 Å². The van der Waals surface area contributed by atoms with Gasteiger partial charge in [-0.2, -0.15) is 28.8 Å². The summed E-state index contributed by atoms with van der Waals surface area (Å²) in [6.07, 6.45) is -4.76. The third kappa shape index (κ3) is 3.90. The first-order valence-electron chi connectivity index (χ1n) is 4.89. The van der Waals surface area contributed by atoms with Gasteiger partial charge in [-0.25, -0.2) is 0 Å². The number of hydrogen-bond acceptors (Lipinski definition) is 6. The van der Waals surface area contributed by atoms with Crippen LogP contribution in [0.25, 0.3) is 0 Å². The molecule has 0 saturated heterocycles. The summed E-state index contributed by atoms with van der Waals surface area (Å²) < 4.78 is 37.5. The molecule has 0 bridgehead atoms. The number of benzene rings is 1. The minimum atomic E-state index is -4.76. The Kier molecular flexibility index (Phi) is 4.84. The Bertz CT molecular complexity index is 686. The van der Waals surface area contributed by atoms with Gasteiger partial charge in [0, 0.05) is 6.07 Å². The van der Waals surface area contributed by atoms with Crippen molar-refractivity contribution in [2.24, 2.45) is 5.10 Å². The van der Waals surface area contributed by atoms with Gasteiger partial charge in [-0.3, -0.25) is 15.5 Å². The van der Waals surface area contributed by atoms with E-state index in [0.29, 0.717) is 12.1 Å². The second-order valence-corrected chi connectivity index (χ2v) is 4.26. The lowest BCUT2D eigenvalue weighted by atomic mass is 10.1. The molecule has 108 valence electrons. The maximum Gasteiger partial charge on any atom is 0.416 e. The van der Waals surface area contributed by atoms with Crippen molar-refractivity contribution >= 4 is 33.0 Å². The topological polar surface area (TPSA) is 115 Å². The summed E-state index contributed by atoms with van der Waals surface area (Å²) in [6, 6.07) is 3.71. The number of nitro groups is 1. The smallest absolute Gasteiger partial charge is 0.269 e. The number of rotatable bonds is 3. The van der Waals surface area contributed by atoms with Crippen LogP contribution in [-0.2, 0) is 6.18 Å². The van der Waals surface area contributed by atoms with Gasteiger partial charge in [-0.15, -0.1) is 0 Å². The fraction of sp³-hybridized carbons (Fsp3) is 0.100. The van der Waals surface area contributed by atoms with E-state index in [1.807, 2.05) is 5.43 Å². The lowest BCUT2D eigenvalue weighted by molar-refractivity contribution is -0.384. The Hall–Kier alpha value is -2.66. The van der Waals surface area contributed by atoms with Crippen molar-refractivity contribution in [1.29, 1.82) is 10.5 Å². The van der Waals surface area contributed by atoms with E-state index in [2.05, 4.69) is 21.0 Å². The van der Waals surface area contributed by atoms with Crippen molar-refractivity contribution in [2.75, 3.05) is 5.43 Å². The number of hydrogen-bond donors (Lipinski definition) is 1. The summed E-state index contributed by atoms with van der Waals surface area (Å²) in [7, 11) is 0. The number of nitriles is 2. The summed E-state index contributed by atoms with van der Waals surface area (Å²) in [5.74, 6) is 0. The molecule has 0 aliphatic carbocycles. The lowest BCUT2D eigenvalue weighted by Crippen LogP contribution is -2.08. The molecule has 0 fully saturated rings. The molecular weight excluding hydrogens is 359 g/mol. The Morgan fingerprint density at radius 3 is 2.38 bits per heavy atom. The van der Waals surface area contributed by atoms with Gasteiger partial charge in [0.25, 0.3) is 5.69 Å². The number of hydrazone groups is 1. The molecule has 7 nitrogen and oxygen atoms in total. The first-order valence-corrected chi connectivity index (χ1v) is 5.69. The zero-order chi connectivity index (χ0) is 16.2. The molecule has 0 atom stereocenters. The molecule has 1 N–H and O–H groups in total. The average molecular weight is 362 g/mol. The van der Waals surface area contributed by atoms with E-state index < -0.39 is 33.7 Å². The Labute approximate surface area is 123 Å². The highest BCUT2D eigenvalue weighted by Crippen LogP contribution is 2.39. The highest BCUT2D eigenvalue weighted by Gasteiger charge is 2.34. The minimum absolute atomic E-state index is 0.289. The fourth-order valence-electron chi connectivity index (χ4n) is 1.20. The fourth-order valence-corrected chi connectivity index (χ4v) is 1.74. The SMILES string of the molecule is N#CC(C#N)=NNc1c(Br)cc(C(F)(F)F)cc1[N+](=O)[O-]. The zero-order valence-electron chi connectivity index (χ0n) is 9.77. The molecule has 0 aliphatic rings. The first-order chi connectivity index (χ1) is 9.70. The number of nitro benzene ring substituents is 1. The summed E-state index contributed by atoms with van der Waals surface area (Å²) in [5, 5.41) is 31.0. The summed E-state index contributed by atoms with van der Waals surface area (Å²) in [4.78, 5) is 9.79. The third-order valence-corrected chi connectivity index (χ3v) is 2.71. The zero-order valence-corrected chi connectivity index (χ0v) is 11.4. The molecule has 1 aromatic carbocycles. The third-order valence-electron chi connectivity index (χ3n) is 2.08. The predicted molar refractivity (Wildman–Crippen MR) is 68.1 cm³/mol. The van der Waals surface area contributed by atoms with Gasteiger partial charge in [0.05, 0.1) is 15.0 Å². The van der Waals surface area contributed by atoms with Crippen molar-refractivity contribution < 1.29 is 18.1 Å². The van der Waals surface area contributed by atoms with Crippen LogP contribution in [0.4, 0.5) is 24.5 Å².